The lowest BCUT2D eigenvalue weighted by Crippen LogP contribution is -2.29. The molecule has 0 aliphatic carbocycles. The summed E-state index contributed by atoms with van der Waals surface area (Å²) in [5, 5.41) is 0. The Balaban J connectivity index is 2.36. The molecule has 0 aliphatic heterocycles. The van der Waals surface area contributed by atoms with Crippen LogP contribution in [0.25, 0.3) is 0 Å². The van der Waals surface area contributed by atoms with Gasteiger partial charge in [-0.15, -0.1) is 0 Å². The molecule has 0 saturated carbocycles. The fraction of sp³-hybridized carbons (Fsp3) is 0.353. The van der Waals surface area contributed by atoms with Gasteiger partial charge in [0.05, 0.1) is 12.1 Å². The number of pyridine rings is 1. The van der Waals surface area contributed by atoms with Crippen molar-refractivity contribution in [2.24, 2.45) is 5.84 Å². The van der Waals surface area contributed by atoms with Crippen molar-refractivity contribution in [3.05, 3.63) is 58.9 Å². The quantitative estimate of drug-likeness (QED) is 0.655. The minimum atomic E-state index is -0.0823. The summed E-state index contributed by atoms with van der Waals surface area (Å²) in [7, 11) is 0. The molecular weight excluding hydrogens is 262 g/mol. The Bertz CT molecular complexity index is 590. The minimum Gasteiger partial charge on any atom is -0.491 e. The first-order chi connectivity index (χ1) is 9.99. The molecule has 4 heteroatoms. The summed E-state index contributed by atoms with van der Waals surface area (Å²) in [5.41, 5.74) is 7.03. The van der Waals surface area contributed by atoms with Gasteiger partial charge in [-0.3, -0.25) is 10.8 Å². The van der Waals surface area contributed by atoms with E-state index in [0.717, 1.165) is 28.3 Å². The van der Waals surface area contributed by atoms with E-state index in [0.29, 0.717) is 0 Å². The average molecular weight is 285 g/mol. The monoisotopic (exact) mass is 285 g/mol. The predicted octanol–water partition coefficient (Wildman–Crippen LogP) is 3.04. The van der Waals surface area contributed by atoms with Crippen LogP contribution in [0.2, 0.25) is 0 Å². The van der Waals surface area contributed by atoms with Crippen LogP contribution in [-0.4, -0.2) is 11.1 Å². The van der Waals surface area contributed by atoms with Crippen molar-refractivity contribution in [2.45, 2.75) is 39.8 Å². The number of aromatic nitrogens is 1. The largest absolute Gasteiger partial charge is 0.491 e. The number of ether oxygens (including phenoxy) is 1. The van der Waals surface area contributed by atoms with Gasteiger partial charge in [0, 0.05) is 11.4 Å². The van der Waals surface area contributed by atoms with E-state index >= 15 is 0 Å². The van der Waals surface area contributed by atoms with Crippen LogP contribution in [0, 0.1) is 13.8 Å². The van der Waals surface area contributed by atoms with E-state index in [-0.39, 0.29) is 12.1 Å². The zero-order chi connectivity index (χ0) is 15.4. The summed E-state index contributed by atoms with van der Waals surface area (Å²) in [4.78, 5) is 4.41. The van der Waals surface area contributed by atoms with Gasteiger partial charge < -0.3 is 4.74 Å². The highest BCUT2D eigenvalue weighted by Gasteiger charge is 2.14. The summed E-state index contributed by atoms with van der Waals surface area (Å²) >= 11 is 0. The number of nitrogens with zero attached hydrogens (tertiary/aromatic N) is 1. The van der Waals surface area contributed by atoms with Crippen molar-refractivity contribution in [3.8, 4) is 5.75 Å². The number of hydrazine groups is 1. The molecule has 0 amide bonds. The Morgan fingerprint density at radius 2 is 1.71 bits per heavy atom. The number of hydrogen-bond acceptors (Lipinski definition) is 4. The Hall–Kier alpha value is -1.91. The predicted molar refractivity (Wildman–Crippen MR) is 85.1 cm³/mol. The highest BCUT2D eigenvalue weighted by molar-refractivity contribution is 5.37. The van der Waals surface area contributed by atoms with Crippen LogP contribution in [0.4, 0.5) is 0 Å². The van der Waals surface area contributed by atoms with Crippen LogP contribution in [0.5, 0.6) is 5.75 Å². The molecule has 0 bridgehead atoms. The molecule has 3 N–H and O–H groups in total. The Morgan fingerprint density at radius 1 is 1.05 bits per heavy atom. The molecule has 4 nitrogen and oxygen atoms in total. The maximum atomic E-state index is 5.78. The lowest BCUT2D eigenvalue weighted by molar-refractivity contribution is 0.242. The first-order valence-electron chi connectivity index (χ1n) is 7.17. The van der Waals surface area contributed by atoms with Gasteiger partial charge in [0.25, 0.3) is 0 Å². The number of rotatable bonds is 5. The van der Waals surface area contributed by atoms with E-state index in [1.54, 1.807) is 0 Å². The second-order valence-corrected chi connectivity index (χ2v) is 5.52. The van der Waals surface area contributed by atoms with Crippen molar-refractivity contribution in [2.75, 3.05) is 0 Å². The summed E-state index contributed by atoms with van der Waals surface area (Å²) in [5.74, 6) is 6.63. The van der Waals surface area contributed by atoms with Gasteiger partial charge in [-0.25, -0.2) is 5.43 Å². The maximum absolute atomic E-state index is 5.78. The van der Waals surface area contributed by atoms with Gasteiger partial charge in [0.1, 0.15) is 5.75 Å². The van der Waals surface area contributed by atoms with E-state index in [9.17, 15) is 0 Å². The van der Waals surface area contributed by atoms with Crippen molar-refractivity contribution >= 4 is 0 Å². The molecule has 1 unspecified atom stereocenters. The average Bonchev–Trinajstić information content (AvgIpc) is 2.38. The minimum absolute atomic E-state index is 0.0823. The summed E-state index contributed by atoms with van der Waals surface area (Å²) < 4.78 is 5.75. The van der Waals surface area contributed by atoms with Crippen LogP contribution in [0.3, 0.4) is 0 Å². The molecule has 1 heterocycles. The Kier molecular flexibility index (Phi) is 4.94. The number of nitrogens with one attached hydrogen (secondary N) is 1. The van der Waals surface area contributed by atoms with Crippen LogP contribution in [0.15, 0.2) is 36.4 Å². The molecule has 1 aromatic heterocycles. The summed E-state index contributed by atoms with van der Waals surface area (Å²) in [6, 6.07) is 12.0. The zero-order valence-corrected chi connectivity index (χ0v) is 13.1. The third kappa shape index (κ3) is 4.03. The van der Waals surface area contributed by atoms with E-state index in [1.807, 2.05) is 64.1 Å². The van der Waals surface area contributed by atoms with Crippen LogP contribution in [-0.2, 0) is 0 Å². The van der Waals surface area contributed by atoms with Gasteiger partial charge in [-0.05, 0) is 63.1 Å². The topological polar surface area (TPSA) is 60.2 Å². The second kappa shape index (κ2) is 6.70. The zero-order valence-electron chi connectivity index (χ0n) is 13.1. The molecular formula is C17H23N3O. The first kappa shape index (κ1) is 15.5. The third-order valence-electron chi connectivity index (χ3n) is 3.17. The number of aryl methyl sites for hydroxylation is 2. The van der Waals surface area contributed by atoms with Gasteiger partial charge >= 0.3 is 0 Å². The normalized spacial score (nSPS) is 12.5. The SMILES string of the molecule is Cc1cc(C(NN)c2cccc(OC(C)C)c2)cc(C)n1. The van der Waals surface area contributed by atoms with Crippen LogP contribution >= 0.6 is 0 Å². The van der Waals surface area contributed by atoms with Crippen molar-refractivity contribution < 1.29 is 4.74 Å². The lowest BCUT2D eigenvalue weighted by atomic mass is 9.98. The molecule has 0 radical (unpaired) electrons. The van der Waals surface area contributed by atoms with Gasteiger partial charge in [-0.1, -0.05) is 12.1 Å². The molecule has 0 spiro atoms. The lowest BCUT2D eigenvalue weighted by Gasteiger charge is -2.19. The van der Waals surface area contributed by atoms with Crippen LogP contribution in [0.1, 0.15) is 42.4 Å². The third-order valence-corrected chi connectivity index (χ3v) is 3.17. The molecule has 112 valence electrons. The standard InChI is InChI=1S/C17H23N3O/c1-11(2)21-16-7-5-6-14(10-16)17(20-18)15-8-12(3)19-13(4)9-15/h5-11,17,20H,18H2,1-4H3. The first-order valence-corrected chi connectivity index (χ1v) is 7.17. The van der Waals surface area contributed by atoms with Crippen molar-refractivity contribution in [1.29, 1.82) is 0 Å². The van der Waals surface area contributed by atoms with Gasteiger partial charge in [0.15, 0.2) is 0 Å². The molecule has 0 saturated heterocycles. The fourth-order valence-electron chi connectivity index (χ4n) is 2.46. The Labute approximate surface area is 126 Å². The van der Waals surface area contributed by atoms with E-state index in [1.165, 1.54) is 0 Å². The van der Waals surface area contributed by atoms with Gasteiger partial charge in [-0.2, -0.15) is 0 Å². The molecule has 2 rings (SSSR count). The molecule has 0 aliphatic rings. The van der Waals surface area contributed by atoms with Crippen LogP contribution < -0.4 is 16.0 Å². The maximum Gasteiger partial charge on any atom is 0.120 e. The molecule has 21 heavy (non-hydrogen) atoms. The molecule has 1 aromatic carbocycles. The summed E-state index contributed by atoms with van der Waals surface area (Å²) in [6.07, 6.45) is 0.148. The van der Waals surface area contributed by atoms with Gasteiger partial charge in [0.2, 0.25) is 0 Å². The number of benzene rings is 1. The highest BCUT2D eigenvalue weighted by Crippen LogP contribution is 2.26. The number of hydrogen-bond donors (Lipinski definition) is 2. The molecule has 2 aromatic rings. The smallest absolute Gasteiger partial charge is 0.120 e. The van der Waals surface area contributed by atoms with E-state index in [4.69, 9.17) is 10.6 Å². The van der Waals surface area contributed by atoms with E-state index in [2.05, 4.69) is 10.4 Å². The molecule has 0 fully saturated rings. The second-order valence-electron chi connectivity index (χ2n) is 5.52. The Morgan fingerprint density at radius 3 is 2.29 bits per heavy atom. The fourth-order valence-corrected chi connectivity index (χ4v) is 2.46. The molecule has 1 atom stereocenters. The highest BCUT2D eigenvalue weighted by atomic mass is 16.5. The summed E-state index contributed by atoms with van der Waals surface area (Å²) in [6.45, 7) is 8.01. The van der Waals surface area contributed by atoms with Crippen molar-refractivity contribution in [1.82, 2.24) is 10.4 Å². The number of nitrogens with two attached hydrogens (primary N) is 1. The van der Waals surface area contributed by atoms with Crippen molar-refractivity contribution in [3.63, 3.8) is 0 Å². The van der Waals surface area contributed by atoms with E-state index < -0.39 is 0 Å².